The Morgan fingerprint density at radius 2 is 0.500 bits per heavy atom. The second kappa shape index (κ2) is 49.0. The molecule has 0 aromatic carbocycles. The summed E-state index contributed by atoms with van der Waals surface area (Å²) in [7, 11) is 11.4. The van der Waals surface area contributed by atoms with Gasteiger partial charge < -0.3 is 24.5 Å². The number of likely N-dealkylation sites (tertiary alicyclic amines) is 1. The van der Waals surface area contributed by atoms with Gasteiger partial charge in [0.1, 0.15) is 0 Å². The van der Waals surface area contributed by atoms with Crippen molar-refractivity contribution in [3.63, 3.8) is 0 Å². The highest BCUT2D eigenvalue weighted by Gasteiger charge is 2.43. The quantitative estimate of drug-likeness (QED) is 0.240. The maximum atomic E-state index is 2.60. The molecular weight excluding hydrogens is 827 g/mol. The molecule has 13 aliphatic rings. The third kappa shape index (κ3) is 26.7. The first-order chi connectivity index (χ1) is 27.4. The Hall–Kier alpha value is -0.200. The zero-order valence-corrected chi connectivity index (χ0v) is 42.9. The SMILES string of the molecule is C.C.C.C.C.C.C.C.C.C.C.CC.CC.CC.CC.CC.CC1CC2CC(C1)N2C.CC1CC2CC(C1)N2C.CC1CC2CC1CN2C.CC1CC2CCC(C1)N2C.CC1CC2CCC1CN2C. The number of nitrogens with zero attached hydrogens (tertiary/aromatic N) is 5. The van der Waals surface area contributed by atoms with Crippen LogP contribution in [0.5, 0.6) is 0 Å². The van der Waals surface area contributed by atoms with Crippen LogP contribution >= 0.6 is 0 Å². The van der Waals surface area contributed by atoms with Crippen LogP contribution in [0.4, 0.5) is 0 Å². The van der Waals surface area contributed by atoms with E-state index in [-0.39, 0.29) is 81.7 Å². The molecule has 68 heavy (non-hydrogen) atoms. The normalized spacial score (nSPS) is 34.7. The van der Waals surface area contributed by atoms with Crippen LogP contribution in [-0.2, 0) is 0 Å². The number of fused-ring (bicyclic) bond motifs is 11. The Kier molecular flexibility index (Phi) is 67.6. The Balaban J connectivity index is -0.0000000610. The predicted octanol–water partition coefficient (Wildman–Crippen LogP) is 20.1. The summed E-state index contributed by atoms with van der Waals surface area (Å²) in [6.45, 7) is 34.7. The van der Waals surface area contributed by atoms with Gasteiger partial charge in [-0.3, -0.25) is 0 Å². The lowest BCUT2D eigenvalue weighted by atomic mass is 9.73. The Bertz CT molecular complexity index is 881. The van der Waals surface area contributed by atoms with E-state index in [1.807, 2.05) is 69.2 Å². The number of hydrogen-bond donors (Lipinski definition) is 0. The Morgan fingerprint density at radius 1 is 0.250 bits per heavy atom. The van der Waals surface area contributed by atoms with Gasteiger partial charge in [-0.05, 0) is 173 Å². The molecule has 0 aromatic rings. The lowest BCUT2D eigenvalue weighted by molar-refractivity contribution is -0.0258. The van der Waals surface area contributed by atoms with Crippen LogP contribution in [0, 0.1) is 41.4 Å². The van der Waals surface area contributed by atoms with E-state index in [4.69, 9.17) is 0 Å². The van der Waals surface area contributed by atoms with Crippen molar-refractivity contribution >= 4 is 0 Å². The predicted molar refractivity (Wildman–Crippen MR) is 332 cm³/mol. The zero-order chi connectivity index (χ0) is 43.6. The maximum absolute atomic E-state index is 2.60. The van der Waals surface area contributed by atoms with Gasteiger partial charge in [0.2, 0.25) is 0 Å². The van der Waals surface area contributed by atoms with Gasteiger partial charge in [0.25, 0.3) is 0 Å². The molecule has 9 heterocycles. The number of hydrogen-bond acceptors (Lipinski definition) is 5. The van der Waals surface area contributed by atoms with Crippen LogP contribution in [0.2, 0.25) is 0 Å². The van der Waals surface area contributed by atoms with Gasteiger partial charge in [-0.15, -0.1) is 0 Å². The third-order valence-corrected chi connectivity index (χ3v) is 16.1. The van der Waals surface area contributed by atoms with Gasteiger partial charge in [-0.25, -0.2) is 0 Å². The van der Waals surface area contributed by atoms with Crippen molar-refractivity contribution in [2.45, 2.75) is 330 Å². The first-order valence-electron chi connectivity index (χ1n) is 25.9. The molecule has 0 spiro atoms. The maximum Gasteiger partial charge on any atom is 0.0113 e. The molecule has 0 N–H and O–H groups in total. The van der Waals surface area contributed by atoms with Gasteiger partial charge in [0.15, 0.2) is 0 Å². The lowest BCUT2D eigenvalue weighted by Crippen LogP contribution is -2.58. The molecule has 430 valence electrons. The van der Waals surface area contributed by atoms with Crippen LogP contribution in [0.25, 0.3) is 0 Å². The molecule has 12 atom stereocenters. The summed E-state index contributed by atoms with van der Waals surface area (Å²) in [6.07, 6.45) is 22.0. The minimum atomic E-state index is 0. The second-order valence-electron chi connectivity index (χ2n) is 19.6. The van der Waals surface area contributed by atoms with Crippen molar-refractivity contribution in [3.05, 3.63) is 0 Å². The van der Waals surface area contributed by atoms with Crippen LogP contribution in [0.3, 0.4) is 0 Å². The second-order valence-corrected chi connectivity index (χ2v) is 19.6. The van der Waals surface area contributed by atoms with Gasteiger partial charge in [-0.2, -0.15) is 0 Å². The van der Waals surface area contributed by atoms with Crippen molar-refractivity contribution in [2.24, 2.45) is 41.4 Å². The highest BCUT2D eigenvalue weighted by atomic mass is 15.2. The molecule has 5 nitrogen and oxygen atoms in total. The smallest absolute Gasteiger partial charge is 0.0113 e. The van der Waals surface area contributed by atoms with Crippen molar-refractivity contribution < 1.29 is 0 Å². The Labute approximate surface area is 442 Å². The first kappa shape index (κ1) is 93.8. The average Bonchev–Trinajstić information content (AvgIpc) is 3.86. The topological polar surface area (TPSA) is 16.2 Å². The fraction of sp³-hybridized carbons (Fsp3) is 1.00. The molecule has 13 rings (SSSR count). The van der Waals surface area contributed by atoms with Crippen LogP contribution < -0.4 is 0 Å². The van der Waals surface area contributed by atoms with Gasteiger partial charge in [-0.1, -0.05) is 186 Å². The highest BCUT2D eigenvalue weighted by molar-refractivity contribution is 4.98. The summed E-state index contributed by atoms with van der Waals surface area (Å²) < 4.78 is 0. The van der Waals surface area contributed by atoms with Crippen molar-refractivity contribution in [1.82, 2.24) is 24.5 Å². The van der Waals surface area contributed by atoms with E-state index in [1.165, 1.54) is 109 Å². The largest absolute Gasteiger partial charge is 0.303 e. The molecule has 4 aliphatic carbocycles. The van der Waals surface area contributed by atoms with Crippen LogP contribution in [0.1, 0.15) is 282 Å². The monoisotopic (exact) mass is 980 g/mol. The van der Waals surface area contributed by atoms with E-state index in [2.05, 4.69) is 94.4 Å². The average molecular weight is 981 g/mol. The molecule has 0 aromatic heterocycles. The molecule has 13 fully saturated rings. The van der Waals surface area contributed by atoms with E-state index >= 15 is 0 Å². The third-order valence-electron chi connectivity index (χ3n) is 16.1. The lowest BCUT2D eigenvalue weighted by Gasteiger charge is -2.53. The van der Waals surface area contributed by atoms with E-state index in [0.29, 0.717) is 0 Å². The summed E-state index contributed by atoms with van der Waals surface area (Å²) in [6, 6.07) is 7.59. The summed E-state index contributed by atoms with van der Waals surface area (Å²) >= 11 is 0. The molecule has 0 amide bonds. The minimum absolute atomic E-state index is 0. The van der Waals surface area contributed by atoms with E-state index in [9.17, 15) is 0 Å². The van der Waals surface area contributed by atoms with Gasteiger partial charge >= 0.3 is 0 Å². The zero-order valence-electron chi connectivity index (χ0n) is 42.9. The summed E-state index contributed by atoms with van der Waals surface area (Å²) in [4.78, 5) is 12.7. The fourth-order valence-electron chi connectivity index (χ4n) is 12.5. The molecule has 10 bridgehead atoms. The molecule has 9 aliphatic heterocycles. The fourth-order valence-corrected chi connectivity index (χ4v) is 12.5. The first-order valence-corrected chi connectivity index (χ1v) is 25.9. The van der Waals surface area contributed by atoms with E-state index in [1.54, 1.807) is 0 Å². The standard InChI is InChI=1S/2C9H17N.3C8H15N.5C2H6.11CH4/c1-7-5-9-4-3-8(7)6-10(9)2;1-7-5-8-3-4-9(6-7)10(8)2;1-6-3-8-4-7(6)5-9(8)2;2*1-6-3-7-5-8(4-6)9(7)2;5*1-2;;;;;;;;;;;/h2*7-9H,3-6H2,1-2H3;3*6-8H,3-5H2,1-2H3;5*1-2H3;11*1H4. The molecule has 12 unspecified atom stereocenters. The van der Waals surface area contributed by atoms with Crippen molar-refractivity contribution in [2.75, 3.05) is 48.3 Å². The molecule has 4 saturated carbocycles. The number of rotatable bonds is 0. The van der Waals surface area contributed by atoms with Gasteiger partial charge in [0.05, 0.1) is 0 Å². The molecule has 9 saturated heterocycles. The van der Waals surface area contributed by atoms with E-state index < -0.39 is 0 Å². The summed E-state index contributed by atoms with van der Waals surface area (Å²) in [5, 5.41) is 0. The summed E-state index contributed by atoms with van der Waals surface area (Å²) in [5.74, 6) is 7.10. The highest BCUT2D eigenvalue weighted by Crippen LogP contribution is 2.42. The van der Waals surface area contributed by atoms with Crippen molar-refractivity contribution in [3.8, 4) is 0 Å². The van der Waals surface area contributed by atoms with Gasteiger partial charge in [0, 0.05) is 61.4 Å². The van der Waals surface area contributed by atoms with E-state index in [0.717, 1.165) is 89.8 Å². The van der Waals surface area contributed by atoms with Crippen LogP contribution in [-0.4, -0.2) is 121 Å². The molecular formula is C63H153N5. The summed E-state index contributed by atoms with van der Waals surface area (Å²) in [5.41, 5.74) is 0. The van der Waals surface area contributed by atoms with Crippen molar-refractivity contribution in [1.29, 1.82) is 0 Å². The minimum Gasteiger partial charge on any atom is -0.303 e. The molecule has 0 radical (unpaired) electrons. The number of piperidine rings is 6. The van der Waals surface area contributed by atoms with Crippen LogP contribution in [0.15, 0.2) is 0 Å². The molecule has 5 heteroatoms. The Morgan fingerprint density at radius 3 is 0.691 bits per heavy atom.